The SMILES string of the molecule is C/C=C/CCNC(=O)C1CCCO1. The van der Waals surface area contributed by atoms with Gasteiger partial charge in [-0.05, 0) is 26.2 Å². The topological polar surface area (TPSA) is 38.3 Å². The number of carbonyl (C=O) groups is 1. The van der Waals surface area contributed by atoms with Crippen LogP contribution in [0.4, 0.5) is 0 Å². The second-order valence-electron chi connectivity index (χ2n) is 3.15. The third-order valence-corrected chi connectivity index (χ3v) is 2.07. The highest BCUT2D eigenvalue weighted by Gasteiger charge is 2.22. The average molecular weight is 183 g/mol. The fourth-order valence-electron chi connectivity index (χ4n) is 1.34. The zero-order chi connectivity index (χ0) is 9.52. The minimum atomic E-state index is -0.189. The summed E-state index contributed by atoms with van der Waals surface area (Å²) in [5.41, 5.74) is 0. The lowest BCUT2D eigenvalue weighted by Crippen LogP contribution is -2.34. The molecule has 74 valence electrons. The van der Waals surface area contributed by atoms with Crippen LogP contribution in [0.2, 0.25) is 0 Å². The molecule has 0 bridgehead atoms. The molecule has 1 atom stereocenters. The fourth-order valence-corrected chi connectivity index (χ4v) is 1.34. The van der Waals surface area contributed by atoms with E-state index < -0.39 is 0 Å². The Balaban J connectivity index is 2.09. The number of amides is 1. The molecule has 1 heterocycles. The Kier molecular flexibility index (Phi) is 4.54. The molecule has 13 heavy (non-hydrogen) atoms. The van der Waals surface area contributed by atoms with Crippen LogP contribution in [0.5, 0.6) is 0 Å². The van der Waals surface area contributed by atoms with Gasteiger partial charge in [0.15, 0.2) is 0 Å². The maximum atomic E-state index is 11.3. The van der Waals surface area contributed by atoms with Crippen LogP contribution in [0.25, 0.3) is 0 Å². The van der Waals surface area contributed by atoms with Gasteiger partial charge in [0.1, 0.15) is 6.10 Å². The van der Waals surface area contributed by atoms with Gasteiger partial charge in [0.25, 0.3) is 0 Å². The summed E-state index contributed by atoms with van der Waals surface area (Å²) in [5.74, 6) is 0.0435. The van der Waals surface area contributed by atoms with E-state index in [1.54, 1.807) is 0 Å². The Labute approximate surface area is 79.2 Å². The first-order valence-electron chi connectivity index (χ1n) is 4.85. The second kappa shape index (κ2) is 5.75. The van der Waals surface area contributed by atoms with Crippen molar-refractivity contribution in [3.63, 3.8) is 0 Å². The Bertz CT molecular complexity index is 183. The van der Waals surface area contributed by atoms with Gasteiger partial charge < -0.3 is 10.1 Å². The van der Waals surface area contributed by atoms with Crippen LogP contribution in [-0.2, 0) is 9.53 Å². The highest BCUT2D eigenvalue weighted by Crippen LogP contribution is 2.11. The van der Waals surface area contributed by atoms with Crippen LogP contribution in [0.15, 0.2) is 12.2 Å². The summed E-state index contributed by atoms with van der Waals surface area (Å²) < 4.78 is 5.24. The van der Waals surface area contributed by atoms with E-state index in [1.807, 2.05) is 19.1 Å². The van der Waals surface area contributed by atoms with Crippen molar-refractivity contribution in [1.82, 2.24) is 5.32 Å². The highest BCUT2D eigenvalue weighted by molar-refractivity contribution is 5.80. The second-order valence-corrected chi connectivity index (χ2v) is 3.15. The number of carbonyl (C=O) groups excluding carboxylic acids is 1. The van der Waals surface area contributed by atoms with Crippen LogP contribution in [0.3, 0.4) is 0 Å². The molecule has 1 amide bonds. The van der Waals surface area contributed by atoms with Gasteiger partial charge in [-0.15, -0.1) is 0 Å². The van der Waals surface area contributed by atoms with E-state index >= 15 is 0 Å². The molecule has 1 rings (SSSR count). The van der Waals surface area contributed by atoms with Gasteiger partial charge in [-0.2, -0.15) is 0 Å². The van der Waals surface area contributed by atoms with Crippen molar-refractivity contribution in [2.75, 3.05) is 13.2 Å². The zero-order valence-electron chi connectivity index (χ0n) is 8.08. The van der Waals surface area contributed by atoms with E-state index in [2.05, 4.69) is 5.32 Å². The van der Waals surface area contributed by atoms with E-state index in [9.17, 15) is 4.79 Å². The van der Waals surface area contributed by atoms with Crippen molar-refractivity contribution < 1.29 is 9.53 Å². The van der Waals surface area contributed by atoms with Crippen LogP contribution in [0.1, 0.15) is 26.2 Å². The molecule has 0 aromatic heterocycles. The molecule has 1 fully saturated rings. The summed E-state index contributed by atoms with van der Waals surface area (Å²) in [6.45, 7) is 3.41. The quantitative estimate of drug-likeness (QED) is 0.526. The molecule has 1 saturated heterocycles. The molecule has 3 heteroatoms. The molecule has 1 aliphatic rings. The summed E-state index contributed by atoms with van der Waals surface area (Å²) in [7, 11) is 0. The Morgan fingerprint density at radius 3 is 3.15 bits per heavy atom. The lowest BCUT2D eigenvalue weighted by molar-refractivity contribution is -0.129. The standard InChI is InChI=1S/C10H17NO2/c1-2-3-4-7-11-10(12)9-6-5-8-13-9/h2-3,9H,4-8H2,1H3,(H,11,12)/b3-2+. The van der Waals surface area contributed by atoms with E-state index in [4.69, 9.17) is 4.74 Å². The average Bonchev–Trinajstić information content (AvgIpc) is 2.65. The summed E-state index contributed by atoms with van der Waals surface area (Å²) in [4.78, 5) is 11.3. The molecule has 1 aliphatic heterocycles. The summed E-state index contributed by atoms with van der Waals surface area (Å²) in [6, 6.07) is 0. The van der Waals surface area contributed by atoms with E-state index in [0.29, 0.717) is 6.54 Å². The molecule has 0 aliphatic carbocycles. The summed E-state index contributed by atoms with van der Waals surface area (Å²) in [6.07, 6.45) is 6.61. The van der Waals surface area contributed by atoms with Crippen LogP contribution < -0.4 is 5.32 Å². The van der Waals surface area contributed by atoms with Gasteiger partial charge in [-0.3, -0.25) is 4.79 Å². The van der Waals surface area contributed by atoms with Crippen molar-refractivity contribution in [1.29, 1.82) is 0 Å². The van der Waals surface area contributed by atoms with Crippen molar-refractivity contribution >= 4 is 5.91 Å². The predicted molar refractivity (Wildman–Crippen MR) is 51.4 cm³/mol. The summed E-state index contributed by atoms with van der Waals surface area (Å²) >= 11 is 0. The van der Waals surface area contributed by atoms with E-state index in [0.717, 1.165) is 25.9 Å². The van der Waals surface area contributed by atoms with Gasteiger partial charge in [-0.1, -0.05) is 12.2 Å². The molecule has 0 aromatic rings. The lowest BCUT2D eigenvalue weighted by Gasteiger charge is -2.08. The molecular weight excluding hydrogens is 166 g/mol. The number of rotatable bonds is 4. The van der Waals surface area contributed by atoms with Crippen LogP contribution >= 0.6 is 0 Å². The smallest absolute Gasteiger partial charge is 0.249 e. The monoisotopic (exact) mass is 183 g/mol. The first-order valence-corrected chi connectivity index (χ1v) is 4.85. The molecule has 1 unspecified atom stereocenters. The van der Waals surface area contributed by atoms with Gasteiger partial charge >= 0.3 is 0 Å². The van der Waals surface area contributed by atoms with Crippen molar-refractivity contribution in [2.24, 2.45) is 0 Å². The van der Waals surface area contributed by atoms with Crippen LogP contribution in [-0.4, -0.2) is 25.2 Å². The van der Waals surface area contributed by atoms with Crippen molar-refractivity contribution in [3.05, 3.63) is 12.2 Å². The summed E-state index contributed by atoms with van der Waals surface area (Å²) in [5, 5.41) is 2.84. The van der Waals surface area contributed by atoms with Crippen molar-refractivity contribution in [3.8, 4) is 0 Å². The number of hydrogen-bond donors (Lipinski definition) is 1. The largest absolute Gasteiger partial charge is 0.368 e. The predicted octanol–water partition coefficient (Wildman–Crippen LogP) is 1.25. The Morgan fingerprint density at radius 2 is 2.54 bits per heavy atom. The molecule has 3 nitrogen and oxygen atoms in total. The number of hydrogen-bond acceptors (Lipinski definition) is 2. The Morgan fingerprint density at radius 1 is 1.69 bits per heavy atom. The third-order valence-electron chi connectivity index (χ3n) is 2.07. The number of allylic oxidation sites excluding steroid dienone is 1. The highest BCUT2D eigenvalue weighted by atomic mass is 16.5. The molecule has 0 aromatic carbocycles. The molecule has 0 saturated carbocycles. The number of nitrogens with one attached hydrogen (secondary N) is 1. The maximum Gasteiger partial charge on any atom is 0.249 e. The molecule has 1 N–H and O–H groups in total. The molecular formula is C10H17NO2. The lowest BCUT2D eigenvalue weighted by atomic mass is 10.2. The minimum Gasteiger partial charge on any atom is -0.368 e. The van der Waals surface area contributed by atoms with Gasteiger partial charge in [0.05, 0.1) is 0 Å². The molecule has 0 spiro atoms. The van der Waals surface area contributed by atoms with E-state index in [1.165, 1.54) is 0 Å². The van der Waals surface area contributed by atoms with Gasteiger partial charge in [0, 0.05) is 13.2 Å². The first-order chi connectivity index (χ1) is 6.34. The van der Waals surface area contributed by atoms with Gasteiger partial charge in [-0.25, -0.2) is 0 Å². The third kappa shape index (κ3) is 3.59. The number of ether oxygens (including phenoxy) is 1. The normalized spacial score (nSPS) is 22.4. The van der Waals surface area contributed by atoms with Gasteiger partial charge in [0.2, 0.25) is 5.91 Å². The van der Waals surface area contributed by atoms with Crippen molar-refractivity contribution in [2.45, 2.75) is 32.3 Å². The molecule has 0 radical (unpaired) electrons. The zero-order valence-corrected chi connectivity index (χ0v) is 8.08. The fraction of sp³-hybridized carbons (Fsp3) is 0.700. The minimum absolute atomic E-state index is 0.0435. The van der Waals surface area contributed by atoms with Crippen LogP contribution in [0, 0.1) is 0 Å². The maximum absolute atomic E-state index is 11.3. The Hall–Kier alpha value is -0.830. The first kappa shape index (κ1) is 10.3. The van der Waals surface area contributed by atoms with E-state index in [-0.39, 0.29) is 12.0 Å².